The number of benzene rings is 1. The SMILES string of the molecule is C/C=C\CC1(NC(=O)Nc2cccc(N3CCOCC3)c2)CCC1. The number of nitrogens with one attached hydrogen (secondary N) is 2. The summed E-state index contributed by atoms with van der Waals surface area (Å²) in [7, 11) is 0. The van der Waals surface area contributed by atoms with Crippen molar-refractivity contribution in [3.8, 4) is 0 Å². The Morgan fingerprint density at radius 3 is 2.79 bits per heavy atom. The number of nitrogens with zero attached hydrogens (tertiary/aromatic N) is 1. The number of hydrogen-bond acceptors (Lipinski definition) is 3. The van der Waals surface area contributed by atoms with E-state index in [9.17, 15) is 4.79 Å². The smallest absolute Gasteiger partial charge is 0.319 e. The summed E-state index contributed by atoms with van der Waals surface area (Å²) >= 11 is 0. The maximum absolute atomic E-state index is 12.4. The lowest BCUT2D eigenvalue weighted by Crippen LogP contribution is -2.54. The van der Waals surface area contributed by atoms with Crippen LogP contribution in [0.1, 0.15) is 32.6 Å². The van der Waals surface area contributed by atoms with Gasteiger partial charge in [-0.25, -0.2) is 4.79 Å². The molecule has 0 atom stereocenters. The normalized spacial score (nSPS) is 19.8. The third-order valence-electron chi connectivity index (χ3n) is 4.91. The highest BCUT2D eigenvalue weighted by atomic mass is 16.5. The van der Waals surface area contributed by atoms with Crippen LogP contribution in [0.4, 0.5) is 16.2 Å². The molecule has 0 spiro atoms. The molecule has 2 aliphatic rings. The number of morpholine rings is 1. The van der Waals surface area contributed by atoms with E-state index in [0.29, 0.717) is 0 Å². The number of hydrogen-bond donors (Lipinski definition) is 2. The number of anilines is 2. The number of carbonyl (C=O) groups is 1. The van der Waals surface area contributed by atoms with Gasteiger partial charge in [0.1, 0.15) is 0 Å². The number of ether oxygens (including phenoxy) is 1. The zero-order chi connectivity index (χ0) is 16.8. The average molecular weight is 329 g/mol. The third-order valence-corrected chi connectivity index (χ3v) is 4.91. The number of allylic oxidation sites excluding steroid dienone is 1. The van der Waals surface area contributed by atoms with Crippen LogP contribution in [0.3, 0.4) is 0 Å². The van der Waals surface area contributed by atoms with Gasteiger partial charge in [0.05, 0.1) is 13.2 Å². The standard InChI is InChI=1S/C19H27N3O2/c1-2-3-8-19(9-5-10-19)21-18(23)20-16-6-4-7-17(15-16)22-11-13-24-14-12-22/h2-4,6-7,15H,5,8-14H2,1H3,(H2,20,21,23)/b3-2-. The topological polar surface area (TPSA) is 53.6 Å². The van der Waals surface area contributed by atoms with Crippen molar-refractivity contribution in [2.24, 2.45) is 0 Å². The molecule has 1 aliphatic heterocycles. The molecule has 2 N–H and O–H groups in total. The summed E-state index contributed by atoms with van der Waals surface area (Å²) in [6.45, 7) is 5.31. The molecule has 0 bridgehead atoms. The molecule has 3 rings (SSSR count). The molecule has 1 heterocycles. The van der Waals surface area contributed by atoms with Crippen LogP contribution in [0.5, 0.6) is 0 Å². The van der Waals surface area contributed by atoms with Crippen LogP contribution in [0.2, 0.25) is 0 Å². The first-order valence-corrected chi connectivity index (χ1v) is 8.84. The van der Waals surface area contributed by atoms with Crippen LogP contribution < -0.4 is 15.5 Å². The Balaban J connectivity index is 1.59. The first kappa shape index (κ1) is 16.8. The Bertz CT molecular complexity index is 590. The summed E-state index contributed by atoms with van der Waals surface area (Å²) in [5.74, 6) is 0. The molecular weight excluding hydrogens is 302 g/mol. The second-order valence-corrected chi connectivity index (χ2v) is 6.64. The fraction of sp³-hybridized carbons (Fsp3) is 0.526. The van der Waals surface area contributed by atoms with Crippen LogP contribution in [0, 0.1) is 0 Å². The largest absolute Gasteiger partial charge is 0.378 e. The molecule has 1 saturated carbocycles. The molecule has 130 valence electrons. The van der Waals surface area contributed by atoms with Crippen molar-refractivity contribution < 1.29 is 9.53 Å². The minimum absolute atomic E-state index is 0.0571. The van der Waals surface area contributed by atoms with E-state index < -0.39 is 0 Å². The lowest BCUT2D eigenvalue weighted by atomic mass is 9.74. The van der Waals surface area contributed by atoms with E-state index >= 15 is 0 Å². The second-order valence-electron chi connectivity index (χ2n) is 6.64. The Hall–Kier alpha value is -2.01. The number of carbonyl (C=O) groups excluding carboxylic acids is 1. The van der Waals surface area contributed by atoms with Crippen molar-refractivity contribution >= 4 is 17.4 Å². The van der Waals surface area contributed by atoms with Gasteiger partial charge in [-0.1, -0.05) is 18.2 Å². The van der Waals surface area contributed by atoms with E-state index in [0.717, 1.165) is 56.9 Å². The predicted molar refractivity (Wildman–Crippen MR) is 97.6 cm³/mol. The van der Waals surface area contributed by atoms with Crippen molar-refractivity contribution in [3.05, 3.63) is 36.4 Å². The highest BCUT2D eigenvalue weighted by molar-refractivity contribution is 5.90. The summed E-state index contributed by atoms with van der Waals surface area (Å²) in [6, 6.07) is 7.92. The molecular formula is C19H27N3O2. The highest BCUT2D eigenvalue weighted by Crippen LogP contribution is 2.35. The maximum Gasteiger partial charge on any atom is 0.319 e. The molecule has 2 fully saturated rings. The first-order valence-electron chi connectivity index (χ1n) is 8.84. The van der Waals surface area contributed by atoms with Crippen molar-refractivity contribution in [3.63, 3.8) is 0 Å². The third kappa shape index (κ3) is 4.09. The van der Waals surface area contributed by atoms with Crippen molar-refractivity contribution in [2.45, 2.75) is 38.1 Å². The van der Waals surface area contributed by atoms with E-state index in [-0.39, 0.29) is 11.6 Å². The van der Waals surface area contributed by atoms with Crippen LogP contribution in [-0.2, 0) is 4.74 Å². The van der Waals surface area contributed by atoms with Gasteiger partial charge in [0.15, 0.2) is 0 Å². The lowest BCUT2D eigenvalue weighted by molar-refractivity contribution is 0.122. The maximum atomic E-state index is 12.4. The molecule has 5 nitrogen and oxygen atoms in total. The zero-order valence-electron chi connectivity index (χ0n) is 14.4. The predicted octanol–water partition coefficient (Wildman–Crippen LogP) is 3.53. The number of amides is 2. The van der Waals surface area contributed by atoms with E-state index in [1.54, 1.807) is 0 Å². The van der Waals surface area contributed by atoms with Gasteiger partial charge in [-0.15, -0.1) is 0 Å². The van der Waals surface area contributed by atoms with Crippen LogP contribution >= 0.6 is 0 Å². The molecule has 5 heteroatoms. The molecule has 24 heavy (non-hydrogen) atoms. The van der Waals surface area contributed by atoms with Gasteiger partial charge in [0, 0.05) is 30.0 Å². The fourth-order valence-electron chi connectivity index (χ4n) is 3.33. The summed E-state index contributed by atoms with van der Waals surface area (Å²) in [5.41, 5.74) is 1.90. The van der Waals surface area contributed by atoms with Crippen LogP contribution in [-0.4, -0.2) is 37.9 Å². The van der Waals surface area contributed by atoms with Gasteiger partial charge < -0.3 is 20.3 Å². The monoisotopic (exact) mass is 329 g/mol. The molecule has 1 aromatic rings. The van der Waals surface area contributed by atoms with Gasteiger partial charge in [-0.05, 0) is 50.8 Å². The molecule has 0 unspecified atom stereocenters. The van der Waals surface area contributed by atoms with E-state index in [4.69, 9.17) is 4.74 Å². The van der Waals surface area contributed by atoms with Gasteiger partial charge >= 0.3 is 6.03 Å². The Labute approximate surface area is 144 Å². The number of urea groups is 1. The van der Waals surface area contributed by atoms with Gasteiger partial charge in [-0.3, -0.25) is 0 Å². The summed E-state index contributed by atoms with van der Waals surface area (Å²) in [6.07, 6.45) is 8.39. The summed E-state index contributed by atoms with van der Waals surface area (Å²) in [5, 5.41) is 6.17. The van der Waals surface area contributed by atoms with E-state index in [1.165, 1.54) is 6.42 Å². The Kier molecular flexibility index (Phi) is 5.41. The minimum atomic E-state index is -0.113. The van der Waals surface area contributed by atoms with Crippen LogP contribution in [0.25, 0.3) is 0 Å². The molecule has 0 aromatic heterocycles. The summed E-state index contributed by atoms with van der Waals surface area (Å²) < 4.78 is 5.39. The first-order chi connectivity index (χ1) is 11.7. The Morgan fingerprint density at radius 2 is 2.12 bits per heavy atom. The van der Waals surface area contributed by atoms with Crippen molar-refractivity contribution in [1.82, 2.24) is 5.32 Å². The molecule has 1 aromatic carbocycles. The quantitative estimate of drug-likeness (QED) is 0.813. The average Bonchev–Trinajstić information content (AvgIpc) is 2.58. The highest BCUT2D eigenvalue weighted by Gasteiger charge is 2.37. The zero-order valence-corrected chi connectivity index (χ0v) is 14.4. The van der Waals surface area contributed by atoms with Gasteiger partial charge in [0.25, 0.3) is 0 Å². The van der Waals surface area contributed by atoms with Crippen molar-refractivity contribution in [1.29, 1.82) is 0 Å². The van der Waals surface area contributed by atoms with Crippen molar-refractivity contribution in [2.75, 3.05) is 36.5 Å². The summed E-state index contributed by atoms with van der Waals surface area (Å²) in [4.78, 5) is 14.7. The minimum Gasteiger partial charge on any atom is -0.378 e. The number of rotatable bonds is 5. The van der Waals surface area contributed by atoms with Gasteiger partial charge in [0.2, 0.25) is 0 Å². The molecule has 2 amide bonds. The molecule has 0 radical (unpaired) electrons. The molecule has 1 aliphatic carbocycles. The fourth-order valence-corrected chi connectivity index (χ4v) is 3.33. The Morgan fingerprint density at radius 1 is 1.33 bits per heavy atom. The van der Waals surface area contributed by atoms with E-state index in [1.807, 2.05) is 31.2 Å². The lowest BCUT2D eigenvalue weighted by Gasteiger charge is -2.42. The van der Waals surface area contributed by atoms with Gasteiger partial charge in [-0.2, -0.15) is 0 Å². The van der Waals surface area contributed by atoms with E-state index in [2.05, 4.69) is 27.7 Å². The second kappa shape index (κ2) is 7.71. The van der Waals surface area contributed by atoms with Crippen LogP contribution in [0.15, 0.2) is 36.4 Å². The molecule has 1 saturated heterocycles.